The van der Waals surface area contributed by atoms with Gasteiger partial charge in [-0.05, 0) is 37.6 Å². The maximum absolute atomic E-state index is 11.6. The first-order valence-corrected chi connectivity index (χ1v) is 7.09. The number of nitrogens with one attached hydrogen (secondary N) is 1. The number of anilines is 1. The fourth-order valence-electron chi connectivity index (χ4n) is 1.70. The number of hydrogen-bond donors (Lipinski definition) is 1. The minimum atomic E-state index is -0.661. The molecule has 1 aromatic heterocycles. The highest BCUT2D eigenvalue weighted by molar-refractivity contribution is 6.30. The van der Waals surface area contributed by atoms with E-state index >= 15 is 0 Å². The molecule has 7 nitrogen and oxygen atoms in total. The molecule has 0 aliphatic heterocycles. The number of rotatable bonds is 6. The van der Waals surface area contributed by atoms with E-state index in [0.717, 1.165) is 5.56 Å². The molecule has 0 radical (unpaired) electrons. The van der Waals surface area contributed by atoms with Gasteiger partial charge in [0.25, 0.3) is 5.91 Å². The monoisotopic (exact) mass is 338 g/mol. The van der Waals surface area contributed by atoms with Crippen molar-refractivity contribution in [2.24, 2.45) is 0 Å². The Kier molecular flexibility index (Phi) is 5.59. The van der Waals surface area contributed by atoms with Gasteiger partial charge in [0.2, 0.25) is 0 Å². The summed E-state index contributed by atoms with van der Waals surface area (Å²) < 4.78 is 14.9. The van der Waals surface area contributed by atoms with Crippen LogP contribution in [-0.4, -0.2) is 30.2 Å². The normalized spacial score (nSPS) is 10.2. The van der Waals surface area contributed by atoms with Gasteiger partial charge in [-0.3, -0.25) is 4.79 Å². The van der Waals surface area contributed by atoms with E-state index in [4.69, 9.17) is 25.6 Å². The van der Waals surface area contributed by atoms with E-state index in [2.05, 4.69) is 10.5 Å². The molecule has 0 unspecified atom stereocenters. The van der Waals surface area contributed by atoms with Crippen LogP contribution in [0.4, 0.5) is 5.82 Å². The predicted molar refractivity (Wildman–Crippen MR) is 82.5 cm³/mol. The lowest BCUT2D eigenvalue weighted by atomic mass is 10.2. The van der Waals surface area contributed by atoms with Crippen molar-refractivity contribution < 1.29 is 23.6 Å². The molecule has 0 aliphatic rings. The molecule has 0 aliphatic carbocycles. The highest BCUT2D eigenvalue weighted by Gasteiger charge is 2.11. The topological polar surface area (TPSA) is 90.7 Å². The maximum Gasteiger partial charge on any atom is 0.344 e. The average Bonchev–Trinajstić information content (AvgIpc) is 2.89. The number of aromatic nitrogens is 1. The Balaban J connectivity index is 1.73. The second kappa shape index (κ2) is 7.64. The second-order valence-corrected chi connectivity index (χ2v) is 5.17. The first kappa shape index (κ1) is 16.8. The van der Waals surface area contributed by atoms with Gasteiger partial charge >= 0.3 is 5.97 Å². The van der Waals surface area contributed by atoms with E-state index in [0.29, 0.717) is 16.5 Å². The van der Waals surface area contributed by atoms with Crippen LogP contribution < -0.4 is 10.1 Å². The summed E-state index contributed by atoms with van der Waals surface area (Å²) in [4.78, 5) is 23.1. The van der Waals surface area contributed by atoms with Gasteiger partial charge in [0.1, 0.15) is 11.5 Å². The number of halogens is 1. The molecule has 0 bridgehead atoms. The smallest absolute Gasteiger partial charge is 0.344 e. The van der Waals surface area contributed by atoms with E-state index in [9.17, 15) is 9.59 Å². The standard InChI is InChI=1S/C15H15ClN2O5/c1-9-5-11(16)3-4-12(9)21-8-15(20)22-7-14(19)17-13-6-10(2)23-18-13/h3-6H,7-8H2,1-2H3,(H,17,18,19). The third kappa shape index (κ3) is 5.30. The van der Waals surface area contributed by atoms with Crippen molar-refractivity contribution >= 4 is 29.3 Å². The Morgan fingerprint density at radius 3 is 2.70 bits per heavy atom. The molecule has 0 spiro atoms. The average molecular weight is 339 g/mol. The zero-order chi connectivity index (χ0) is 16.8. The molecule has 0 fully saturated rings. The lowest BCUT2D eigenvalue weighted by molar-refractivity contribution is -0.149. The minimum absolute atomic E-state index is 0.261. The van der Waals surface area contributed by atoms with Crippen LogP contribution in [0.2, 0.25) is 5.02 Å². The molecule has 2 aromatic rings. The number of aryl methyl sites for hydroxylation is 2. The van der Waals surface area contributed by atoms with Crippen LogP contribution in [0.25, 0.3) is 0 Å². The van der Waals surface area contributed by atoms with Gasteiger partial charge in [-0.25, -0.2) is 4.79 Å². The number of carbonyl (C=O) groups excluding carboxylic acids is 2. The van der Waals surface area contributed by atoms with Crippen molar-refractivity contribution in [3.63, 3.8) is 0 Å². The maximum atomic E-state index is 11.6. The van der Waals surface area contributed by atoms with Crippen molar-refractivity contribution in [1.29, 1.82) is 0 Å². The van der Waals surface area contributed by atoms with Gasteiger partial charge < -0.3 is 19.3 Å². The summed E-state index contributed by atoms with van der Waals surface area (Å²) in [6.45, 7) is 2.76. The molecule has 2 rings (SSSR count). The van der Waals surface area contributed by atoms with Crippen LogP contribution in [0, 0.1) is 13.8 Å². The summed E-state index contributed by atoms with van der Waals surface area (Å²) in [5.74, 6) is 0.162. The molecule has 1 amide bonds. The zero-order valence-corrected chi connectivity index (χ0v) is 13.3. The van der Waals surface area contributed by atoms with Gasteiger partial charge in [0.15, 0.2) is 19.0 Å². The Morgan fingerprint density at radius 2 is 2.04 bits per heavy atom. The summed E-state index contributed by atoms with van der Waals surface area (Å²) in [5.41, 5.74) is 0.796. The third-order valence-corrected chi connectivity index (χ3v) is 2.98. The van der Waals surface area contributed by atoms with Crippen LogP contribution in [0.5, 0.6) is 5.75 Å². The summed E-state index contributed by atoms with van der Waals surface area (Å²) in [7, 11) is 0. The molecule has 1 N–H and O–H groups in total. The van der Waals surface area contributed by atoms with Crippen LogP contribution in [-0.2, 0) is 14.3 Å². The lowest BCUT2D eigenvalue weighted by Crippen LogP contribution is -2.23. The summed E-state index contributed by atoms with van der Waals surface area (Å²) >= 11 is 5.83. The number of amides is 1. The minimum Gasteiger partial charge on any atom is -0.482 e. The molecule has 1 aromatic carbocycles. The largest absolute Gasteiger partial charge is 0.482 e. The highest BCUT2D eigenvalue weighted by atomic mass is 35.5. The summed E-state index contributed by atoms with van der Waals surface area (Å²) in [6.07, 6.45) is 0. The van der Waals surface area contributed by atoms with Gasteiger partial charge in [-0.1, -0.05) is 16.8 Å². The molecule has 0 saturated heterocycles. The zero-order valence-electron chi connectivity index (χ0n) is 12.6. The van der Waals surface area contributed by atoms with Crippen LogP contribution in [0.15, 0.2) is 28.8 Å². The number of nitrogens with zero attached hydrogens (tertiary/aromatic N) is 1. The Bertz CT molecular complexity index is 714. The quantitative estimate of drug-likeness (QED) is 0.814. The van der Waals surface area contributed by atoms with Crippen molar-refractivity contribution in [3.8, 4) is 5.75 Å². The molecule has 0 saturated carbocycles. The second-order valence-electron chi connectivity index (χ2n) is 4.73. The van der Waals surface area contributed by atoms with E-state index in [1.54, 1.807) is 38.1 Å². The van der Waals surface area contributed by atoms with Crippen molar-refractivity contribution in [2.45, 2.75) is 13.8 Å². The SMILES string of the molecule is Cc1cc(NC(=O)COC(=O)COc2ccc(Cl)cc2C)no1. The summed E-state index contributed by atoms with van der Waals surface area (Å²) in [6, 6.07) is 6.58. The van der Waals surface area contributed by atoms with Gasteiger partial charge in [-0.2, -0.15) is 0 Å². The Hall–Kier alpha value is -2.54. The molecule has 23 heavy (non-hydrogen) atoms. The molecule has 8 heteroatoms. The first-order chi connectivity index (χ1) is 10.9. The van der Waals surface area contributed by atoms with E-state index in [-0.39, 0.29) is 12.4 Å². The first-order valence-electron chi connectivity index (χ1n) is 6.72. The highest BCUT2D eigenvalue weighted by Crippen LogP contribution is 2.21. The van der Waals surface area contributed by atoms with Crippen molar-refractivity contribution in [3.05, 3.63) is 40.6 Å². The Morgan fingerprint density at radius 1 is 1.26 bits per heavy atom. The number of hydrogen-bond acceptors (Lipinski definition) is 6. The van der Waals surface area contributed by atoms with Crippen molar-refractivity contribution in [2.75, 3.05) is 18.5 Å². The fraction of sp³-hybridized carbons (Fsp3) is 0.267. The molecule has 0 atom stereocenters. The molecule has 1 heterocycles. The number of carbonyl (C=O) groups is 2. The van der Waals surface area contributed by atoms with Crippen LogP contribution >= 0.6 is 11.6 Å². The van der Waals surface area contributed by atoms with Crippen LogP contribution in [0.3, 0.4) is 0 Å². The fourth-order valence-corrected chi connectivity index (χ4v) is 1.93. The van der Waals surface area contributed by atoms with E-state index in [1.165, 1.54) is 0 Å². The Labute approximate surface area is 137 Å². The molecular formula is C15H15ClN2O5. The van der Waals surface area contributed by atoms with E-state index < -0.39 is 18.5 Å². The lowest BCUT2D eigenvalue weighted by Gasteiger charge is -2.09. The van der Waals surface area contributed by atoms with Gasteiger partial charge in [0.05, 0.1) is 0 Å². The van der Waals surface area contributed by atoms with E-state index in [1.807, 2.05) is 0 Å². The molecular weight excluding hydrogens is 324 g/mol. The number of esters is 1. The van der Waals surface area contributed by atoms with Gasteiger partial charge in [-0.15, -0.1) is 0 Å². The van der Waals surface area contributed by atoms with Crippen LogP contribution in [0.1, 0.15) is 11.3 Å². The van der Waals surface area contributed by atoms with Crippen molar-refractivity contribution in [1.82, 2.24) is 5.16 Å². The van der Waals surface area contributed by atoms with Gasteiger partial charge in [0, 0.05) is 11.1 Å². The molecule has 122 valence electrons. The number of ether oxygens (including phenoxy) is 2. The predicted octanol–water partition coefficient (Wildman–Crippen LogP) is 2.51. The summed E-state index contributed by atoms with van der Waals surface area (Å²) in [5, 5.41) is 6.60. The third-order valence-electron chi connectivity index (χ3n) is 2.74. The number of benzene rings is 1.